The molecular weight excluding hydrogens is 427 g/mol. The van der Waals surface area contributed by atoms with E-state index in [0.29, 0.717) is 19.4 Å². The van der Waals surface area contributed by atoms with Crippen molar-refractivity contribution in [3.05, 3.63) is 23.9 Å². The number of alkyl halides is 3. The highest BCUT2D eigenvalue weighted by atomic mass is 19.4. The quantitative estimate of drug-likeness (QED) is 0.706. The van der Waals surface area contributed by atoms with Crippen LogP contribution in [0.15, 0.2) is 18.3 Å². The Labute approximate surface area is 186 Å². The molecule has 0 spiro atoms. The first-order valence-corrected chi connectivity index (χ1v) is 10.6. The minimum Gasteiger partial charge on any atom is -0.476 e. The minimum absolute atomic E-state index is 0.133. The lowest BCUT2D eigenvalue weighted by atomic mass is 9.91. The monoisotopic (exact) mass is 459 g/mol. The number of likely N-dealkylation sites (tertiary alicyclic amines) is 1. The molecule has 10 heteroatoms. The van der Waals surface area contributed by atoms with Crippen molar-refractivity contribution >= 4 is 12.0 Å². The van der Waals surface area contributed by atoms with Crippen molar-refractivity contribution in [3.63, 3.8) is 0 Å². The number of amides is 2. The van der Waals surface area contributed by atoms with Gasteiger partial charge in [-0.05, 0) is 66.5 Å². The Kier molecular flexibility index (Phi) is 7.67. The summed E-state index contributed by atoms with van der Waals surface area (Å²) in [5.74, 6) is -0.898. The van der Waals surface area contributed by atoms with E-state index < -0.39 is 28.6 Å². The van der Waals surface area contributed by atoms with Crippen LogP contribution in [0, 0.1) is 5.41 Å². The molecule has 2 atom stereocenters. The molecular formula is C22H32F3N3O4. The van der Waals surface area contributed by atoms with E-state index in [4.69, 9.17) is 9.47 Å². The zero-order valence-electron chi connectivity index (χ0n) is 19.4. The molecule has 1 aliphatic rings. The Hall–Kier alpha value is -2.52. The van der Waals surface area contributed by atoms with Crippen LogP contribution in [0.4, 0.5) is 18.0 Å². The predicted molar refractivity (Wildman–Crippen MR) is 112 cm³/mol. The van der Waals surface area contributed by atoms with Crippen molar-refractivity contribution in [2.75, 3.05) is 13.2 Å². The van der Waals surface area contributed by atoms with Gasteiger partial charge in [-0.25, -0.2) is 9.78 Å². The number of halogens is 3. The van der Waals surface area contributed by atoms with Gasteiger partial charge >= 0.3 is 12.3 Å². The van der Waals surface area contributed by atoms with Crippen molar-refractivity contribution in [1.29, 1.82) is 0 Å². The van der Waals surface area contributed by atoms with Gasteiger partial charge in [0, 0.05) is 24.8 Å². The number of rotatable bonds is 5. The van der Waals surface area contributed by atoms with Crippen LogP contribution in [0.25, 0.3) is 0 Å². The summed E-state index contributed by atoms with van der Waals surface area (Å²) in [6.45, 7) is 10.6. The number of ether oxygens (including phenoxy) is 2. The van der Waals surface area contributed by atoms with Crippen LogP contribution in [-0.4, -0.2) is 52.7 Å². The van der Waals surface area contributed by atoms with Crippen LogP contribution in [0.5, 0.6) is 5.88 Å². The van der Waals surface area contributed by atoms with Gasteiger partial charge in [0.25, 0.3) is 0 Å². The van der Waals surface area contributed by atoms with Crippen molar-refractivity contribution in [3.8, 4) is 5.88 Å². The number of carbonyl (C=O) groups is 2. The van der Waals surface area contributed by atoms with E-state index >= 15 is 0 Å². The third-order valence-corrected chi connectivity index (χ3v) is 5.10. The lowest BCUT2D eigenvalue weighted by molar-refractivity contribution is -0.139. The van der Waals surface area contributed by atoms with Crippen LogP contribution >= 0.6 is 0 Å². The highest BCUT2D eigenvalue weighted by molar-refractivity contribution is 5.82. The topological polar surface area (TPSA) is 80.8 Å². The Bertz CT molecular complexity index is 821. The van der Waals surface area contributed by atoms with Gasteiger partial charge in [-0.15, -0.1) is 0 Å². The summed E-state index contributed by atoms with van der Waals surface area (Å²) in [6.07, 6.45) is -2.70. The first-order chi connectivity index (χ1) is 14.6. The smallest absolute Gasteiger partial charge is 0.421 e. The second-order valence-electron chi connectivity index (χ2n) is 9.74. The van der Waals surface area contributed by atoms with Crippen molar-refractivity contribution in [2.45, 2.75) is 78.2 Å². The minimum atomic E-state index is -4.60. The van der Waals surface area contributed by atoms with Crippen molar-refractivity contribution in [1.82, 2.24) is 15.2 Å². The molecule has 180 valence electrons. The lowest BCUT2D eigenvalue weighted by Gasteiger charge is -2.39. The number of hydrogen-bond donors (Lipinski definition) is 1. The molecule has 0 aliphatic carbocycles. The molecule has 2 unspecified atom stereocenters. The molecule has 2 rings (SSSR count). The SMILES string of the molecule is CC1CC(NC(=O)C(C)(C)COc2ncccc2C(F)(F)F)CCN1C(=O)OC(C)(C)C. The summed E-state index contributed by atoms with van der Waals surface area (Å²) >= 11 is 0. The number of carbonyl (C=O) groups excluding carboxylic acids is 2. The largest absolute Gasteiger partial charge is 0.476 e. The van der Waals surface area contributed by atoms with E-state index in [1.807, 2.05) is 6.92 Å². The van der Waals surface area contributed by atoms with Crippen LogP contribution in [0.2, 0.25) is 0 Å². The van der Waals surface area contributed by atoms with Crippen LogP contribution in [-0.2, 0) is 15.7 Å². The van der Waals surface area contributed by atoms with Gasteiger partial charge in [0.05, 0.1) is 5.41 Å². The first-order valence-electron chi connectivity index (χ1n) is 10.6. The zero-order chi connectivity index (χ0) is 24.3. The van der Waals surface area contributed by atoms with Gasteiger partial charge in [0.15, 0.2) is 0 Å². The number of nitrogens with one attached hydrogen (secondary N) is 1. The molecule has 1 saturated heterocycles. The summed E-state index contributed by atoms with van der Waals surface area (Å²) in [5.41, 5.74) is -2.67. The van der Waals surface area contributed by atoms with E-state index in [-0.39, 0.29) is 30.7 Å². The van der Waals surface area contributed by atoms with Gasteiger partial charge in [0.1, 0.15) is 17.8 Å². The van der Waals surface area contributed by atoms with Gasteiger partial charge in [0.2, 0.25) is 11.8 Å². The number of pyridine rings is 1. The fourth-order valence-corrected chi connectivity index (χ4v) is 3.31. The molecule has 32 heavy (non-hydrogen) atoms. The molecule has 2 heterocycles. The maximum Gasteiger partial charge on any atom is 0.421 e. The van der Waals surface area contributed by atoms with Gasteiger partial charge in [-0.1, -0.05) is 0 Å². The van der Waals surface area contributed by atoms with Gasteiger partial charge in [-0.2, -0.15) is 13.2 Å². The maximum atomic E-state index is 13.1. The average Bonchev–Trinajstić information content (AvgIpc) is 2.64. The van der Waals surface area contributed by atoms with Crippen molar-refractivity contribution in [2.24, 2.45) is 5.41 Å². The molecule has 7 nitrogen and oxygen atoms in total. The van der Waals surface area contributed by atoms with E-state index in [2.05, 4.69) is 10.3 Å². The highest BCUT2D eigenvalue weighted by Gasteiger charge is 2.38. The number of piperidine rings is 1. The Morgan fingerprint density at radius 1 is 1.22 bits per heavy atom. The molecule has 1 aliphatic heterocycles. The van der Waals surface area contributed by atoms with E-state index in [9.17, 15) is 22.8 Å². The summed E-state index contributed by atoms with van der Waals surface area (Å²) in [4.78, 5) is 30.5. The average molecular weight is 460 g/mol. The van der Waals surface area contributed by atoms with Crippen LogP contribution in [0.3, 0.4) is 0 Å². The molecule has 2 amide bonds. The Morgan fingerprint density at radius 2 is 1.88 bits per heavy atom. The summed E-state index contributed by atoms with van der Waals surface area (Å²) in [6, 6.07) is 1.76. The number of hydrogen-bond acceptors (Lipinski definition) is 5. The molecule has 0 radical (unpaired) electrons. The second kappa shape index (κ2) is 9.54. The third kappa shape index (κ3) is 7.00. The first kappa shape index (κ1) is 25.7. The van der Waals surface area contributed by atoms with E-state index in [1.165, 1.54) is 12.3 Å². The highest BCUT2D eigenvalue weighted by Crippen LogP contribution is 2.35. The summed E-state index contributed by atoms with van der Waals surface area (Å²) in [5, 5.41) is 2.94. The maximum absolute atomic E-state index is 13.1. The summed E-state index contributed by atoms with van der Waals surface area (Å²) < 4.78 is 50.1. The van der Waals surface area contributed by atoms with Crippen LogP contribution < -0.4 is 10.1 Å². The molecule has 0 aromatic carbocycles. The lowest BCUT2D eigenvalue weighted by Crippen LogP contribution is -2.54. The molecule has 0 bridgehead atoms. The molecule has 1 fully saturated rings. The van der Waals surface area contributed by atoms with E-state index in [0.717, 1.165) is 6.07 Å². The molecule has 1 N–H and O–H groups in total. The fourth-order valence-electron chi connectivity index (χ4n) is 3.31. The standard InChI is InChI=1S/C22H32F3N3O4/c1-14-12-15(9-11-28(14)19(30)32-20(2,3)4)27-18(29)21(5,6)13-31-17-16(22(23,24)25)8-7-10-26-17/h7-8,10,14-15H,9,11-13H2,1-6H3,(H,27,29). The normalized spacial score (nSPS) is 20.0. The van der Waals surface area contributed by atoms with Crippen LogP contribution in [0.1, 0.15) is 59.9 Å². The Morgan fingerprint density at radius 3 is 2.44 bits per heavy atom. The second-order valence-corrected chi connectivity index (χ2v) is 9.74. The Balaban J connectivity index is 1.93. The fraction of sp³-hybridized carbons (Fsp3) is 0.682. The van der Waals surface area contributed by atoms with Gasteiger partial charge in [-0.3, -0.25) is 4.79 Å². The predicted octanol–water partition coefficient (Wildman–Crippen LogP) is 4.41. The van der Waals surface area contributed by atoms with Gasteiger partial charge < -0.3 is 19.7 Å². The summed E-state index contributed by atoms with van der Waals surface area (Å²) in [7, 11) is 0. The number of nitrogens with zero attached hydrogens (tertiary/aromatic N) is 2. The zero-order valence-corrected chi connectivity index (χ0v) is 19.4. The van der Waals surface area contributed by atoms with Crippen molar-refractivity contribution < 1.29 is 32.2 Å². The molecule has 1 aromatic rings. The molecule has 0 saturated carbocycles. The molecule has 1 aromatic heterocycles. The third-order valence-electron chi connectivity index (χ3n) is 5.10. The number of aromatic nitrogens is 1. The van der Waals surface area contributed by atoms with E-state index in [1.54, 1.807) is 39.5 Å².